The zero-order chi connectivity index (χ0) is 13.0. The van der Waals surface area contributed by atoms with Crippen molar-refractivity contribution >= 4 is 31.0 Å². The zero-order valence-electron chi connectivity index (χ0n) is 10.2. The van der Waals surface area contributed by atoms with Crippen molar-refractivity contribution < 1.29 is 15.0 Å². The fraction of sp³-hybridized carbons (Fsp3) is 0.364. The van der Waals surface area contributed by atoms with E-state index in [-0.39, 0.29) is 16.7 Å². The van der Waals surface area contributed by atoms with Gasteiger partial charge in [-0.3, -0.25) is 0 Å². The van der Waals surface area contributed by atoms with E-state index in [9.17, 15) is 9.90 Å². The first-order valence-corrected chi connectivity index (χ1v) is 6.63. The lowest BCUT2D eigenvalue weighted by atomic mass is 9.88. The summed E-state index contributed by atoms with van der Waals surface area (Å²) in [5, 5.41) is 22.1. The Hall–Kier alpha value is -1.14. The molecule has 0 saturated heterocycles. The molecule has 6 heteroatoms. The van der Waals surface area contributed by atoms with E-state index in [1.54, 1.807) is 6.07 Å². The van der Waals surface area contributed by atoms with Gasteiger partial charge in [0.25, 0.3) is 0 Å². The van der Waals surface area contributed by atoms with Crippen LogP contribution in [0.5, 0.6) is 5.75 Å². The van der Waals surface area contributed by atoms with Gasteiger partial charge in [-0.2, -0.15) is 0 Å². The van der Waals surface area contributed by atoms with Crippen LogP contribution in [0.2, 0.25) is 0 Å². The van der Waals surface area contributed by atoms with Crippen molar-refractivity contribution in [2.75, 3.05) is 12.8 Å². The minimum atomic E-state index is -1.11. The first-order chi connectivity index (χ1) is 8.02. The second-order valence-corrected chi connectivity index (χ2v) is 4.61. The molecule has 92 valence electrons. The van der Waals surface area contributed by atoms with Crippen molar-refractivity contribution in [3.05, 3.63) is 23.3 Å². The van der Waals surface area contributed by atoms with Gasteiger partial charge >= 0.3 is 5.97 Å². The molecule has 0 aromatic heterocycles. The summed E-state index contributed by atoms with van der Waals surface area (Å²) >= 11 is 1.53. The van der Waals surface area contributed by atoms with Crippen LogP contribution in [-0.4, -0.2) is 36.8 Å². The number of aromatic hydroxyl groups is 1. The van der Waals surface area contributed by atoms with E-state index in [0.29, 0.717) is 5.56 Å². The molecule has 1 aromatic carbocycles. The van der Waals surface area contributed by atoms with Gasteiger partial charge in [-0.25, -0.2) is 4.79 Å². The van der Waals surface area contributed by atoms with Gasteiger partial charge in [0.05, 0.1) is 5.37 Å². The lowest BCUT2D eigenvalue weighted by Gasteiger charge is -2.20. The van der Waals surface area contributed by atoms with E-state index in [2.05, 4.69) is 5.32 Å². The number of hydrogen-bond donors (Lipinski definition) is 3. The summed E-state index contributed by atoms with van der Waals surface area (Å²) in [6.07, 6.45) is 1.92. The van der Waals surface area contributed by atoms with E-state index in [4.69, 9.17) is 5.11 Å². The lowest BCUT2D eigenvalue weighted by molar-refractivity contribution is 0.0693. The van der Waals surface area contributed by atoms with E-state index in [0.717, 1.165) is 12.0 Å². The summed E-state index contributed by atoms with van der Waals surface area (Å²) in [4.78, 5) is 11.0. The summed E-state index contributed by atoms with van der Waals surface area (Å²) in [7, 11) is 1.86. The average molecular weight is 253 g/mol. The minimum absolute atomic E-state index is 0.0532. The van der Waals surface area contributed by atoms with Crippen LogP contribution in [0.3, 0.4) is 0 Å². The SMILES string of the molecule is Bc1ccc(C(=O)O)c(O)c1C(NCC)SC. The highest BCUT2D eigenvalue weighted by molar-refractivity contribution is 7.98. The molecule has 0 aliphatic rings. The fourth-order valence-corrected chi connectivity index (χ4v) is 2.57. The highest BCUT2D eigenvalue weighted by Gasteiger charge is 2.20. The molecule has 1 atom stereocenters. The Bertz CT molecular complexity index is 425. The van der Waals surface area contributed by atoms with Gasteiger partial charge in [0, 0.05) is 5.56 Å². The molecule has 1 aromatic rings. The number of nitrogens with one attached hydrogen (secondary N) is 1. The molecule has 0 aliphatic heterocycles. The Morgan fingerprint density at radius 2 is 2.24 bits per heavy atom. The maximum Gasteiger partial charge on any atom is 0.339 e. The summed E-state index contributed by atoms with van der Waals surface area (Å²) < 4.78 is 0. The highest BCUT2D eigenvalue weighted by Crippen LogP contribution is 2.31. The molecular formula is C11H16BNO3S. The summed E-state index contributed by atoms with van der Waals surface area (Å²) in [6.45, 7) is 2.72. The van der Waals surface area contributed by atoms with Crippen LogP contribution in [0.4, 0.5) is 0 Å². The van der Waals surface area contributed by atoms with Gasteiger partial charge < -0.3 is 15.5 Å². The van der Waals surface area contributed by atoms with E-state index < -0.39 is 5.97 Å². The first kappa shape index (κ1) is 13.9. The summed E-state index contributed by atoms with van der Waals surface area (Å²) in [5.74, 6) is -1.25. The van der Waals surface area contributed by atoms with Gasteiger partial charge in [-0.05, 0) is 18.9 Å². The van der Waals surface area contributed by atoms with Crippen LogP contribution in [-0.2, 0) is 0 Å². The quantitative estimate of drug-likeness (QED) is 0.521. The van der Waals surface area contributed by atoms with Crippen molar-refractivity contribution in [2.45, 2.75) is 12.3 Å². The Morgan fingerprint density at radius 3 is 2.71 bits per heavy atom. The number of phenols is 1. The number of carboxylic acid groups (broad SMARTS) is 1. The molecule has 0 aliphatic carbocycles. The maximum absolute atomic E-state index is 11.0. The van der Waals surface area contributed by atoms with Gasteiger partial charge in [0.2, 0.25) is 0 Å². The zero-order valence-corrected chi connectivity index (χ0v) is 11.0. The molecule has 17 heavy (non-hydrogen) atoms. The van der Waals surface area contributed by atoms with Crippen LogP contribution < -0.4 is 10.8 Å². The number of aromatic carboxylic acids is 1. The Morgan fingerprint density at radius 1 is 1.59 bits per heavy atom. The predicted molar refractivity (Wildman–Crippen MR) is 73.2 cm³/mol. The van der Waals surface area contributed by atoms with Gasteiger partial charge in [0.15, 0.2) is 0 Å². The van der Waals surface area contributed by atoms with Crippen molar-refractivity contribution in [3.8, 4) is 5.75 Å². The molecule has 1 unspecified atom stereocenters. The number of hydrogen-bond acceptors (Lipinski definition) is 4. The van der Waals surface area contributed by atoms with E-state index >= 15 is 0 Å². The van der Waals surface area contributed by atoms with Gasteiger partial charge in [-0.1, -0.05) is 18.5 Å². The molecule has 0 amide bonds. The molecule has 0 bridgehead atoms. The third-order valence-corrected chi connectivity index (χ3v) is 3.43. The van der Waals surface area contributed by atoms with Gasteiger partial charge in [0.1, 0.15) is 19.2 Å². The molecule has 0 saturated carbocycles. The number of carbonyl (C=O) groups is 1. The van der Waals surface area contributed by atoms with E-state index in [1.165, 1.54) is 17.8 Å². The maximum atomic E-state index is 11.0. The van der Waals surface area contributed by atoms with Crippen molar-refractivity contribution in [2.24, 2.45) is 0 Å². The number of rotatable bonds is 5. The van der Waals surface area contributed by atoms with E-state index in [1.807, 2.05) is 21.0 Å². The number of thioether (sulfide) groups is 1. The molecule has 0 radical (unpaired) electrons. The highest BCUT2D eigenvalue weighted by atomic mass is 32.2. The molecule has 0 fully saturated rings. The van der Waals surface area contributed by atoms with Crippen LogP contribution in [0.15, 0.2) is 12.1 Å². The molecular weight excluding hydrogens is 237 g/mol. The predicted octanol–water partition coefficient (Wildman–Crippen LogP) is 0.320. The van der Waals surface area contributed by atoms with Crippen molar-refractivity contribution in [1.82, 2.24) is 5.32 Å². The summed E-state index contributed by atoms with van der Waals surface area (Å²) in [5.41, 5.74) is 1.48. The number of benzene rings is 1. The average Bonchev–Trinajstić information content (AvgIpc) is 2.27. The third kappa shape index (κ3) is 2.95. The topological polar surface area (TPSA) is 69.6 Å². The Kier molecular flexibility index (Phi) is 4.90. The largest absolute Gasteiger partial charge is 0.507 e. The third-order valence-electron chi connectivity index (χ3n) is 2.55. The normalized spacial score (nSPS) is 12.4. The molecule has 0 heterocycles. The second kappa shape index (κ2) is 5.98. The Labute approximate surface area is 106 Å². The van der Waals surface area contributed by atoms with Crippen LogP contribution >= 0.6 is 11.8 Å². The summed E-state index contributed by atoms with van der Waals surface area (Å²) in [6, 6.07) is 3.15. The molecule has 3 N–H and O–H groups in total. The fourth-order valence-electron chi connectivity index (χ4n) is 1.70. The van der Waals surface area contributed by atoms with Crippen LogP contribution in [0, 0.1) is 0 Å². The van der Waals surface area contributed by atoms with Crippen LogP contribution in [0.1, 0.15) is 28.2 Å². The van der Waals surface area contributed by atoms with Crippen LogP contribution in [0.25, 0.3) is 0 Å². The molecule has 0 spiro atoms. The smallest absolute Gasteiger partial charge is 0.339 e. The standard InChI is InChI=1S/C11H16BNO3S/c1-3-13-10(17-2)8-7(12)5-4-6(9(8)14)11(15)16/h4-5,10,13-14H,3,12H2,1-2H3,(H,15,16). The first-order valence-electron chi connectivity index (χ1n) is 5.34. The molecule has 1 rings (SSSR count). The molecule has 4 nitrogen and oxygen atoms in total. The van der Waals surface area contributed by atoms with Gasteiger partial charge in [-0.15, -0.1) is 11.8 Å². The second-order valence-electron chi connectivity index (χ2n) is 3.67. The van der Waals surface area contributed by atoms with Crippen molar-refractivity contribution in [1.29, 1.82) is 0 Å². The minimum Gasteiger partial charge on any atom is -0.507 e. The Balaban J connectivity index is 3.29. The van der Waals surface area contributed by atoms with Crippen molar-refractivity contribution in [3.63, 3.8) is 0 Å². The lowest BCUT2D eigenvalue weighted by Crippen LogP contribution is -2.25. The number of carboxylic acids is 1. The monoisotopic (exact) mass is 253 g/mol.